The fourth-order valence-electron chi connectivity index (χ4n) is 2.39. The highest BCUT2D eigenvalue weighted by atomic mass is 16.3. The van der Waals surface area contributed by atoms with Gasteiger partial charge in [0.15, 0.2) is 0 Å². The lowest BCUT2D eigenvalue weighted by Gasteiger charge is -2.30. The van der Waals surface area contributed by atoms with Crippen LogP contribution in [0, 0.1) is 0 Å². The van der Waals surface area contributed by atoms with Crippen LogP contribution in [-0.2, 0) is 4.79 Å². The van der Waals surface area contributed by atoms with Gasteiger partial charge < -0.3 is 10.8 Å². The molecule has 0 aromatic carbocycles. The second kappa shape index (κ2) is 5.97. The minimum Gasteiger partial charge on any atom is -0.393 e. The number of primary amides is 1. The van der Waals surface area contributed by atoms with E-state index in [2.05, 4.69) is 5.32 Å². The molecule has 1 saturated heterocycles. The van der Waals surface area contributed by atoms with Crippen molar-refractivity contribution in [3.63, 3.8) is 0 Å². The van der Waals surface area contributed by atoms with E-state index in [1.165, 1.54) is 0 Å². The Kier molecular flexibility index (Phi) is 4.89. The molecule has 6 heteroatoms. The Labute approximate surface area is 101 Å². The molecule has 0 aromatic heterocycles. The van der Waals surface area contributed by atoms with E-state index < -0.39 is 12.1 Å². The highest BCUT2D eigenvalue weighted by Gasteiger charge is 2.32. The van der Waals surface area contributed by atoms with E-state index >= 15 is 0 Å². The molecule has 1 rings (SSSR count). The SMILES string of the molecule is CC(O)CC1CCCN1C(C)C(=O)NC(N)=O. The summed E-state index contributed by atoms with van der Waals surface area (Å²) in [6, 6.07) is -1.02. The smallest absolute Gasteiger partial charge is 0.318 e. The van der Waals surface area contributed by atoms with Gasteiger partial charge in [0.05, 0.1) is 12.1 Å². The number of likely N-dealkylation sites (tertiary alicyclic amines) is 1. The Morgan fingerprint density at radius 3 is 2.71 bits per heavy atom. The van der Waals surface area contributed by atoms with Crippen LogP contribution in [0.4, 0.5) is 4.79 Å². The molecule has 0 bridgehead atoms. The normalized spacial score (nSPS) is 24.3. The van der Waals surface area contributed by atoms with Crippen LogP contribution in [-0.4, -0.2) is 46.7 Å². The highest BCUT2D eigenvalue weighted by molar-refractivity contribution is 5.96. The van der Waals surface area contributed by atoms with Gasteiger partial charge in [0.2, 0.25) is 5.91 Å². The molecule has 3 amide bonds. The van der Waals surface area contributed by atoms with Crippen molar-refractivity contribution in [1.29, 1.82) is 0 Å². The molecule has 98 valence electrons. The first-order chi connectivity index (χ1) is 7.91. The average Bonchev–Trinajstić information content (AvgIpc) is 2.62. The van der Waals surface area contributed by atoms with E-state index in [9.17, 15) is 14.7 Å². The summed E-state index contributed by atoms with van der Waals surface area (Å²) >= 11 is 0. The number of carbonyl (C=O) groups excluding carboxylic acids is 2. The van der Waals surface area contributed by atoms with Gasteiger partial charge in [0, 0.05) is 6.04 Å². The predicted octanol–water partition coefficient (Wildman–Crippen LogP) is -0.195. The van der Waals surface area contributed by atoms with Gasteiger partial charge in [-0.05, 0) is 39.7 Å². The number of nitrogens with two attached hydrogens (primary N) is 1. The minimum atomic E-state index is -0.826. The van der Waals surface area contributed by atoms with Crippen molar-refractivity contribution < 1.29 is 14.7 Å². The Bertz CT molecular complexity index is 294. The maximum absolute atomic E-state index is 11.7. The highest BCUT2D eigenvalue weighted by Crippen LogP contribution is 2.23. The number of hydrogen-bond donors (Lipinski definition) is 3. The van der Waals surface area contributed by atoms with Crippen LogP contribution in [0.25, 0.3) is 0 Å². The standard InChI is InChI=1S/C11H21N3O3/c1-7(15)6-9-4-3-5-14(9)8(2)10(16)13-11(12)17/h7-9,15H,3-6H2,1-2H3,(H3,12,13,16,17). The molecular formula is C11H21N3O3. The van der Waals surface area contributed by atoms with Gasteiger partial charge in [-0.25, -0.2) is 4.79 Å². The first kappa shape index (κ1) is 13.9. The zero-order chi connectivity index (χ0) is 13.0. The van der Waals surface area contributed by atoms with Crippen LogP contribution in [0.1, 0.15) is 33.1 Å². The van der Waals surface area contributed by atoms with Gasteiger partial charge in [-0.1, -0.05) is 0 Å². The van der Waals surface area contributed by atoms with Crippen molar-refractivity contribution in [1.82, 2.24) is 10.2 Å². The molecule has 1 aliphatic heterocycles. The topological polar surface area (TPSA) is 95.7 Å². The number of imide groups is 1. The van der Waals surface area contributed by atoms with Gasteiger partial charge in [0.25, 0.3) is 0 Å². The number of hydrogen-bond acceptors (Lipinski definition) is 4. The number of urea groups is 1. The van der Waals surface area contributed by atoms with E-state index in [-0.39, 0.29) is 18.1 Å². The fraction of sp³-hybridized carbons (Fsp3) is 0.818. The second-order valence-corrected chi connectivity index (χ2v) is 4.65. The lowest BCUT2D eigenvalue weighted by atomic mass is 10.1. The third kappa shape index (κ3) is 3.98. The number of nitrogens with zero attached hydrogens (tertiary/aromatic N) is 1. The Balaban J connectivity index is 2.57. The lowest BCUT2D eigenvalue weighted by molar-refractivity contribution is -0.125. The molecule has 1 aliphatic rings. The van der Waals surface area contributed by atoms with Gasteiger partial charge in [-0.15, -0.1) is 0 Å². The quantitative estimate of drug-likeness (QED) is 0.637. The van der Waals surface area contributed by atoms with Crippen molar-refractivity contribution in [2.75, 3.05) is 6.54 Å². The van der Waals surface area contributed by atoms with Crippen LogP contribution < -0.4 is 11.1 Å². The van der Waals surface area contributed by atoms with Gasteiger partial charge in [0.1, 0.15) is 0 Å². The number of rotatable bonds is 4. The Morgan fingerprint density at radius 1 is 1.53 bits per heavy atom. The first-order valence-corrected chi connectivity index (χ1v) is 5.96. The Hall–Kier alpha value is -1.14. The molecule has 17 heavy (non-hydrogen) atoms. The summed E-state index contributed by atoms with van der Waals surface area (Å²) in [5.74, 6) is -0.380. The molecule has 1 heterocycles. The van der Waals surface area contributed by atoms with Crippen LogP contribution in [0.15, 0.2) is 0 Å². The Morgan fingerprint density at radius 2 is 2.18 bits per heavy atom. The third-order valence-electron chi connectivity index (χ3n) is 3.16. The predicted molar refractivity (Wildman–Crippen MR) is 63.2 cm³/mol. The number of carbonyl (C=O) groups is 2. The van der Waals surface area contributed by atoms with E-state index in [1.54, 1.807) is 13.8 Å². The number of aliphatic hydroxyl groups is 1. The average molecular weight is 243 g/mol. The molecule has 0 aliphatic carbocycles. The minimum absolute atomic E-state index is 0.198. The monoisotopic (exact) mass is 243 g/mol. The zero-order valence-corrected chi connectivity index (χ0v) is 10.3. The van der Waals surface area contributed by atoms with E-state index in [1.807, 2.05) is 4.90 Å². The van der Waals surface area contributed by atoms with E-state index in [0.717, 1.165) is 19.4 Å². The molecule has 6 nitrogen and oxygen atoms in total. The third-order valence-corrected chi connectivity index (χ3v) is 3.16. The first-order valence-electron chi connectivity index (χ1n) is 5.96. The fourth-order valence-corrected chi connectivity index (χ4v) is 2.39. The summed E-state index contributed by atoms with van der Waals surface area (Å²) in [6.07, 6.45) is 2.24. The van der Waals surface area contributed by atoms with Crippen LogP contribution in [0.5, 0.6) is 0 Å². The molecule has 3 atom stereocenters. The van der Waals surface area contributed by atoms with E-state index in [4.69, 9.17) is 5.73 Å². The summed E-state index contributed by atoms with van der Waals surface area (Å²) < 4.78 is 0. The van der Waals surface area contributed by atoms with Crippen LogP contribution in [0.3, 0.4) is 0 Å². The number of nitrogens with one attached hydrogen (secondary N) is 1. The van der Waals surface area contributed by atoms with Crippen molar-refractivity contribution in [3.8, 4) is 0 Å². The zero-order valence-electron chi connectivity index (χ0n) is 10.3. The molecule has 0 aromatic rings. The van der Waals surface area contributed by atoms with Gasteiger partial charge in [-0.3, -0.25) is 15.0 Å². The van der Waals surface area contributed by atoms with Gasteiger partial charge >= 0.3 is 6.03 Å². The number of amides is 3. The molecule has 0 radical (unpaired) electrons. The summed E-state index contributed by atoms with van der Waals surface area (Å²) in [5.41, 5.74) is 4.92. The molecule has 4 N–H and O–H groups in total. The van der Waals surface area contributed by atoms with E-state index in [0.29, 0.717) is 6.42 Å². The molecular weight excluding hydrogens is 222 g/mol. The summed E-state index contributed by atoms with van der Waals surface area (Å²) in [4.78, 5) is 24.3. The van der Waals surface area contributed by atoms with Crippen molar-refractivity contribution in [2.24, 2.45) is 5.73 Å². The van der Waals surface area contributed by atoms with Gasteiger partial charge in [-0.2, -0.15) is 0 Å². The summed E-state index contributed by atoms with van der Waals surface area (Å²) in [5, 5.41) is 11.5. The van der Waals surface area contributed by atoms with Crippen molar-refractivity contribution >= 4 is 11.9 Å². The second-order valence-electron chi connectivity index (χ2n) is 4.65. The number of aliphatic hydroxyl groups excluding tert-OH is 1. The van der Waals surface area contributed by atoms with Crippen molar-refractivity contribution in [2.45, 2.75) is 51.3 Å². The van der Waals surface area contributed by atoms with Crippen molar-refractivity contribution in [3.05, 3.63) is 0 Å². The molecule has 0 spiro atoms. The largest absolute Gasteiger partial charge is 0.393 e. The summed E-state index contributed by atoms with van der Waals surface area (Å²) in [6.45, 7) is 4.30. The maximum Gasteiger partial charge on any atom is 0.318 e. The van der Waals surface area contributed by atoms with Crippen LogP contribution in [0.2, 0.25) is 0 Å². The molecule has 1 fully saturated rings. The van der Waals surface area contributed by atoms with Crippen LogP contribution >= 0.6 is 0 Å². The maximum atomic E-state index is 11.7. The molecule has 0 saturated carbocycles. The summed E-state index contributed by atoms with van der Waals surface area (Å²) in [7, 11) is 0. The lowest BCUT2D eigenvalue weighted by Crippen LogP contribution is -2.50. The molecule has 3 unspecified atom stereocenters.